The van der Waals surface area contributed by atoms with Crippen LogP contribution in [-0.4, -0.2) is 11.5 Å². The monoisotopic (exact) mass is 184 g/mol. The number of nitrogens with two attached hydrogens (primary N) is 1. The molecule has 1 aromatic rings. The lowest BCUT2D eigenvalue weighted by atomic mass is 10.2. The molecule has 0 radical (unpaired) electrons. The highest BCUT2D eigenvalue weighted by Crippen LogP contribution is 2.19. The van der Waals surface area contributed by atoms with E-state index in [2.05, 4.69) is 18.8 Å². The largest absolute Gasteiger partial charge is 0.330 e. The molecular weight excluding hydrogens is 168 g/mol. The summed E-state index contributed by atoms with van der Waals surface area (Å²) >= 11 is 1.82. The number of rotatable bonds is 4. The molecule has 0 atom stereocenters. The van der Waals surface area contributed by atoms with E-state index in [0.717, 1.165) is 19.3 Å². The Morgan fingerprint density at radius 2 is 2.08 bits per heavy atom. The molecule has 3 heteroatoms. The molecule has 0 saturated heterocycles. The maximum atomic E-state index is 5.47. The van der Waals surface area contributed by atoms with Crippen LogP contribution in [0, 0.1) is 0 Å². The molecule has 1 rings (SSSR count). The van der Waals surface area contributed by atoms with Crippen molar-refractivity contribution in [2.24, 2.45) is 5.73 Å². The van der Waals surface area contributed by atoms with Gasteiger partial charge in [0.1, 0.15) is 0 Å². The second-order valence-corrected chi connectivity index (χ2v) is 3.89. The molecule has 0 aliphatic carbocycles. The third-order valence-electron chi connectivity index (χ3n) is 1.84. The van der Waals surface area contributed by atoms with Crippen LogP contribution in [0.4, 0.5) is 0 Å². The Morgan fingerprint density at radius 1 is 1.33 bits per heavy atom. The van der Waals surface area contributed by atoms with E-state index in [4.69, 9.17) is 5.73 Å². The van der Waals surface area contributed by atoms with Crippen molar-refractivity contribution in [3.05, 3.63) is 15.6 Å². The van der Waals surface area contributed by atoms with Crippen LogP contribution in [0.3, 0.4) is 0 Å². The van der Waals surface area contributed by atoms with Crippen LogP contribution >= 0.6 is 11.3 Å². The minimum atomic E-state index is 0.708. The summed E-state index contributed by atoms with van der Waals surface area (Å²) in [5.74, 6) is 0. The molecule has 2 N–H and O–H groups in total. The molecule has 0 spiro atoms. The first kappa shape index (κ1) is 9.68. The number of hydrogen-bond donors (Lipinski definition) is 1. The summed E-state index contributed by atoms with van der Waals surface area (Å²) in [7, 11) is 0. The summed E-state index contributed by atoms with van der Waals surface area (Å²) in [6, 6.07) is 0. The Bertz CT molecular complexity index is 221. The van der Waals surface area contributed by atoms with Crippen LogP contribution in [-0.2, 0) is 19.3 Å². The van der Waals surface area contributed by atoms with E-state index in [1.165, 1.54) is 15.6 Å². The van der Waals surface area contributed by atoms with Gasteiger partial charge in [-0.3, -0.25) is 0 Å². The molecule has 12 heavy (non-hydrogen) atoms. The number of aryl methyl sites for hydroxylation is 2. The quantitative estimate of drug-likeness (QED) is 0.774. The van der Waals surface area contributed by atoms with Gasteiger partial charge in [-0.2, -0.15) is 0 Å². The van der Waals surface area contributed by atoms with Gasteiger partial charge in [0.2, 0.25) is 0 Å². The van der Waals surface area contributed by atoms with Gasteiger partial charge < -0.3 is 5.73 Å². The molecule has 0 aliphatic rings. The standard InChI is InChI=1S/C9H16N2S/c1-3-7-8(4-2)12-9(11-7)5-6-10/h3-6,10H2,1-2H3. The SMILES string of the molecule is CCc1nc(CCN)sc1CC. The fraction of sp³-hybridized carbons (Fsp3) is 0.667. The Kier molecular flexibility index (Phi) is 3.69. The van der Waals surface area contributed by atoms with Crippen molar-refractivity contribution in [1.82, 2.24) is 4.98 Å². The number of nitrogens with zero attached hydrogens (tertiary/aromatic N) is 1. The summed E-state index contributed by atoms with van der Waals surface area (Å²) in [4.78, 5) is 5.96. The third kappa shape index (κ3) is 2.05. The molecule has 0 bridgehead atoms. The van der Waals surface area contributed by atoms with E-state index in [9.17, 15) is 0 Å². The first-order chi connectivity index (χ1) is 5.81. The van der Waals surface area contributed by atoms with Gasteiger partial charge in [0.15, 0.2) is 0 Å². The van der Waals surface area contributed by atoms with Crippen LogP contribution in [0.5, 0.6) is 0 Å². The normalized spacial score (nSPS) is 10.6. The molecule has 1 heterocycles. The molecule has 68 valence electrons. The first-order valence-electron chi connectivity index (χ1n) is 4.49. The fourth-order valence-corrected chi connectivity index (χ4v) is 2.33. The average Bonchev–Trinajstić information content (AvgIpc) is 2.48. The zero-order chi connectivity index (χ0) is 8.97. The van der Waals surface area contributed by atoms with Gasteiger partial charge in [0.25, 0.3) is 0 Å². The summed E-state index contributed by atoms with van der Waals surface area (Å²) in [5.41, 5.74) is 6.74. The lowest BCUT2D eigenvalue weighted by Crippen LogP contribution is -2.02. The zero-order valence-corrected chi connectivity index (χ0v) is 8.58. The molecule has 0 amide bonds. The van der Waals surface area contributed by atoms with Crippen molar-refractivity contribution < 1.29 is 0 Å². The Labute approximate surface area is 77.8 Å². The van der Waals surface area contributed by atoms with Gasteiger partial charge >= 0.3 is 0 Å². The van der Waals surface area contributed by atoms with E-state index in [-0.39, 0.29) is 0 Å². The van der Waals surface area contributed by atoms with Crippen molar-refractivity contribution in [2.45, 2.75) is 33.1 Å². The van der Waals surface area contributed by atoms with E-state index < -0.39 is 0 Å². The van der Waals surface area contributed by atoms with Crippen molar-refractivity contribution in [3.8, 4) is 0 Å². The molecule has 1 aromatic heterocycles. The Hall–Kier alpha value is -0.410. The highest BCUT2D eigenvalue weighted by Gasteiger charge is 2.06. The second-order valence-electron chi connectivity index (χ2n) is 2.72. The second kappa shape index (κ2) is 4.58. The number of aromatic nitrogens is 1. The molecule has 2 nitrogen and oxygen atoms in total. The zero-order valence-electron chi connectivity index (χ0n) is 7.76. The predicted octanol–water partition coefficient (Wildman–Crippen LogP) is 1.77. The van der Waals surface area contributed by atoms with Gasteiger partial charge in [-0.1, -0.05) is 13.8 Å². The average molecular weight is 184 g/mol. The molecule has 0 aliphatic heterocycles. The maximum absolute atomic E-state index is 5.47. The highest BCUT2D eigenvalue weighted by molar-refractivity contribution is 7.11. The van der Waals surface area contributed by atoms with Crippen molar-refractivity contribution in [3.63, 3.8) is 0 Å². The molecule has 0 aromatic carbocycles. The third-order valence-corrected chi connectivity index (χ3v) is 3.14. The predicted molar refractivity (Wildman–Crippen MR) is 53.6 cm³/mol. The van der Waals surface area contributed by atoms with Crippen molar-refractivity contribution in [1.29, 1.82) is 0 Å². The van der Waals surface area contributed by atoms with Gasteiger partial charge in [-0.05, 0) is 19.4 Å². The van der Waals surface area contributed by atoms with Gasteiger partial charge in [0.05, 0.1) is 10.7 Å². The molecule has 0 fully saturated rings. The van der Waals surface area contributed by atoms with Crippen LogP contribution in [0.2, 0.25) is 0 Å². The van der Waals surface area contributed by atoms with Crippen LogP contribution in [0.15, 0.2) is 0 Å². The topological polar surface area (TPSA) is 38.9 Å². The molecule has 0 saturated carbocycles. The summed E-state index contributed by atoms with van der Waals surface area (Å²) in [6.07, 6.45) is 3.08. The van der Waals surface area contributed by atoms with E-state index >= 15 is 0 Å². The Balaban J connectivity index is 2.81. The lowest BCUT2D eigenvalue weighted by molar-refractivity contribution is 0.922. The van der Waals surface area contributed by atoms with Crippen LogP contribution < -0.4 is 5.73 Å². The number of thiazole rings is 1. The minimum absolute atomic E-state index is 0.708. The van der Waals surface area contributed by atoms with Gasteiger partial charge in [0, 0.05) is 11.3 Å². The van der Waals surface area contributed by atoms with Crippen molar-refractivity contribution in [2.75, 3.05) is 6.54 Å². The minimum Gasteiger partial charge on any atom is -0.330 e. The maximum Gasteiger partial charge on any atom is 0.0943 e. The summed E-state index contributed by atoms with van der Waals surface area (Å²) in [6.45, 7) is 5.04. The van der Waals surface area contributed by atoms with E-state index in [1.807, 2.05) is 11.3 Å². The van der Waals surface area contributed by atoms with Crippen molar-refractivity contribution >= 4 is 11.3 Å². The summed E-state index contributed by atoms with van der Waals surface area (Å²) in [5, 5.41) is 1.20. The first-order valence-corrected chi connectivity index (χ1v) is 5.31. The molecule has 0 unspecified atom stereocenters. The Morgan fingerprint density at radius 3 is 2.50 bits per heavy atom. The van der Waals surface area contributed by atoms with Gasteiger partial charge in [-0.25, -0.2) is 4.98 Å². The smallest absolute Gasteiger partial charge is 0.0943 e. The summed E-state index contributed by atoms with van der Waals surface area (Å²) < 4.78 is 0. The fourth-order valence-electron chi connectivity index (χ4n) is 1.22. The number of hydrogen-bond acceptors (Lipinski definition) is 3. The highest BCUT2D eigenvalue weighted by atomic mass is 32.1. The van der Waals surface area contributed by atoms with Crippen LogP contribution in [0.1, 0.15) is 29.4 Å². The molecular formula is C9H16N2S. The van der Waals surface area contributed by atoms with Crippen LogP contribution in [0.25, 0.3) is 0 Å². The lowest BCUT2D eigenvalue weighted by Gasteiger charge is -1.91. The van der Waals surface area contributed by atoms with E-state index in [1.54, 1.807) is 0 Å². The van der Waals surface area contributed by atoms with Gasteiger partial charge in [-0.15, -0.1) is 11.3 Å². The van der Waals surface area contributed by atoms with E-state index in [0.29, 0.717) is 6.54 Å².